The molecule has 1 rings (SSSR count). The minimum absolute atomic E-state index is 0.178. The molecule has 0 saturated carbocycles. The highest BCUT2D eigenvalue weighted by molar-refractivity contribution is 5.34. The number of aromatic nitrogens is 2. The van der Waals surface area contributed by atoms with Crippen molar-refractivity contribution in [2.24, 2.45) is 0 Å². The molecule has 0 aliphatic heterocycles. The van der Waals surface area contributed by atoms with E-state index in [2.05, 4.69) is 10.4 Å². The van der Waals surface area contributed by atoms with Crippen LogP contribution in [0.2, 0.25) is 0 Å². The van der Waals surface area contributed by atoms with Crippen LogP contribution in [0.4, 0.5) is 19.0 Å². The molecule has 1 heterocycles. The van der Waals surface area contributed by atoms with Crippen LogP contribution in [-0.2, 0) is 6.18 Å². The van der Waals surface area contributed by atoms with E-state index in [0.717, 1.165) is 6.07 Å². The molecule has 1 aromatic rings. The minimum Gasteiger partial charge on any atom is -0.372 e. The van der Waals surface area contributed by atoms with Crippen molar-refractivity contribution >= 4 is 5.82 Å². The van der Waals surface area contributed by atoms with Crippen molar-refractivity contribution in [3.63, 3.8) is 0 Å². The lowest BCUT2D eigenvalue weighted by Gasteiger charge is -1.99. The Labute approximate surface area is 60.6 Å². The fourth-order valence-corrected chi connectivity index (χ4v) is 0.595. The maximum atomic E-state index is 11.8. The zero-order chi connectivity index (χ0) is 8.48. The Morgan fingerprint density at radius 2 is 2.18 bits per heavy atom. The van der Waals surface area contributed by atoms with E-state index >= 15 is 0 Å². The summed E-state index contributed by atoms with van der Waals surface area (Å²) < 4.78 is 35.5. The van der Waals surface area contributed by atoms with Gasteiger partial charge in [0.1, 0.15) is 11.5 Å². The summed E-state index contributed by atoms with van der Waals surface area (Å²) in [6.45, 7) is 0. The largest absolute Gasteiger partial charge is 0.432 e. The molecule has 6 heteroatoms. The summed E-state index contributed by atoms with van der Waals surface area (Å²) in [5.74, 6) is 0.178. The summed E-state index contributed by atoms with van der Waals surface area (Å²) in [6, 6.07) is 0.903. The average Bonchev–Trinajstić information content (AvgIpc) is 2.32. The first-order valence-corrected chi connectivity index (χ1v) is 2.84. The second-order valence-corrected chi connectivity index (χ2v) is 1.91. The van der Waals surface area contributed by atoms with E-state index in [0.29, 0.717) is 0 Å². The van der Waals surface area contributed by atoms with E-state index in [1.165, 1.54) is 7.05 Å². The summed E-state index contributed by atoms with van der Waals surface area (Å²) in [5.41, 5.74) is -0.846. The molecule has 11 heavy (non-hydrogen) atoms. The van der Waals surface area contributed by atoms with Crippen LogP contribution in [0.15, 0.2) is 6.07 Å². The third-order valence-electron chi connectivity index (χ3n) is 1.14. The fourth-order valence-electron chi connectivity index (χ4n) is 0.595. The van der Waals surface area contributed by atoms with Crippen molar-refractivity contribution in [3.8, 4) is 0 Å². The predicted molar refractivity (Wildman–Crippen MR) is 33.1 cm³/mol. The summed E-state index contributed by atoms with van der Waals surface area (Å²) in [7, 11) is 1.50. The highest BCUT2D eigenvalue weighted by atomic mass is 19.4. The highest BCUT2D eigenvalue weighted by Gasteiger charge is 2.32. The number of anilines is 1. The third kappa shape index (κ3) is 1.63. The van der Waals surface area contributed by atoms with Gasteiger partial charge in [0.2, 0.25) is 0 Å². The Bertz CT molecular complexity index is 239. The molecule has 0 bridgehead atoms. The average molecular weight is 165 g/mol. The Hall–Kier alpha value is -1.20. The van der Waals surface area contributed by atoms with Gasteiger partial charge in [-0.2, -0.15) is 18.3 Å². The van der Waals surface area contributed by atoms with Crippen LogP contribution < -0.4 is 5.32 Å². The molecule has 0 spiro atoms. The monoisotopic (exact) mass is 165 g/mol. The lowest BCUT2D eigenvalue weighted by Crippen LogP contribution is -2.04. The predicted octanol–water partition coefficient (Wildman–Crippen LogP) is 1.47. The van der Waals surface area contributed by atoms with Gasteiger partial charge in [-0.3, -0.25) is 5.10 Å². The molecule has 1 aromatic heterocycles. The number of nitrogens with zero attached hydrogens (tertiary/aromatic N) is 1. The number of alkyl halides is 3. The van der Waals surface area contributed by atoms with Gasteiger partial charge in [-0.25, -0.2) is 0 Å². The van der Waals surface area contributed by atoms with Gasteiger partial charge in [-0.1, -0.05) is 0 Å². The lowest BCUT2D eigenvalue weighted by atomic mass is 10.4. The SMILES string of the molecule is CNc1cc(C(F)(F)F)[nH]n1. The second kappa shape index (κ2) is 2.44. The van der Waals surface area contributed by atoms with Gasteiger partial charge < -0.3 is 5.32 Å². The van der Waals surface area contributed by atoms with Gasteiger partial charge in [-0.15, -0.1) is 0 Å². The van der Waals surface area contributed by atoms with Crippen LogP contribution >= 0.6 is 0 Å². The molecule has 0 atom stereocenters. The Kier molecular flexibility index (Phi) is 1.76. The fraction of sp³-hybridized carbons (Fsp3) is 0.400. The first-order chi connectivity index (χ1) is 5.04. The molecule has 3 nitrogen and oxygen atoms in total. The maximum absolute atomic E-state index is 11.8. The molecule has 0 fully saturated rings. The normalized spacial score (nSPS) is 11.6. The molecule has 0 unspecified atom stereocenters. The van der Waals surface area contributed by atoms with Crippen LogP contribution in [0.5, 0.6) is 0 Å². The molecular weight excluding hydrogens is 159 g/mol. The van der Waals surface area contributed by atoms with Gasteiger partial charge in [0.25, 0.3) is 0 Å². The van der Waals surface area contributed by atoms with Crippen molar-refractivity contribution in [1.29, 1.82) is 0 Å². The van der Waals surface area contributed by atoms with E-state index in [-0.39, 0.29) is 5.82 Å². The number of aromatic amines is 1. The number of halogens is 3. The van der Waals surface area contributed by atoms with Crippen LogP contribution in [0, 0.1) is 0 Å². The number of rotatable bonds is 1. The van der Waals surface area contributed by atoms with Crippen molar-refractivity contribution in [2.75, 3.05) is 12.4 Å². The van der Waals surface area contributed by atoms with E-state index < -0.39 is 11.9 Å². The number of hydrogen-bond acceptors (Lipinski definition) is 2. The van der Waals surface area contributed by atoms with Gasteiger partial charge in [0, 0.05) is 13.1 Å². The zero-order valence-corrected chi connectivity index (χ0v) is 5.66. The Morgan fingerprint density at radius 1 is 1.55 bits per heavy atom. The Balaban J connectivity index is 2.89. The standard InChI is InChI=1S/C5H6F3N3/c1-9-4-2-3(10-11-4)5(6,7)8/h2H,1H3,(H2,9,10,11). The molecule has 0 aromatic carbocycles. The topological polar surface area (TPSA) is 40.7 Å². The van der Waals surface area contributed by atoms with Gasteiger partial charge in [0.05, 0.1) is 0 Å². The van der Waals surface area contributed by atoms with Crippen LogP contribution in [-0.4, -0.2) is 17.2 Å². The van der Waals surface area contributed by atoms with E-state index in [4.69, 9.17) is 0 Å². The number of nitrogens with one attached hydrogen (secondary N) is 2. The molecule has 2 N–H and O–H groups in total. The first-order valence-electron chi connectivity index (χ1n) is 2.84. The van der Waals surface area contributed by atoms with Gasteiger partial charge in [-0.05, 0) is 0 Å². The molecular formula is C5H6F3N3. The summed E-state index contributed by atoms with van der Waals surface area (Å²) in [4.78, 5) is 0. The molecule has 0 amide bonds. The highest BCUT2D eigenvalue weighted by Crippen LogP contribution is 2.28. The van der Waals surface area contributed by atoms with Gasteiger partial charge in [0.15, 0.2) is 0 Å². The van der Waals surface area contributed by atoms with Crippen molar-refractivity contribution in [3.05, 3.63) is 11.8 Å². The van der Waals surface area contributed by atoms with E-state index in [9.17, 15) is 13.2 Å². The maximum Gasteiger partial charge on any atom is 0.432 e. The molecule has 0 saturated heterocycles. The van der Waals surface area contributed by atoms with Crippen LogP contribution in [0.25, 0.3) is 0 Å². The number of hydrogen-bond donors (Lipinski definition) is 2. The third-order valence-corrected chi connectivity index (χ3v) is 1.14. The zero-order valence-electron chi connectivity index (χ0n) is 5.66. The van der Waals surface area contributed by atoms with E-state index in [1.54, 1.807) is 0 Å². The quantitative estimate of drug-likeness (QED) is 0.661. The Morgan fingerprint density at radius 3 is 2.45 bits per heavy atom. The van der Waals surface area contributed by atoms with E-state index in [1.807, 2.05) is 5.10 Å². The van der Waals surface area contributed by atoms with Gasteiger partial charge >= 0.3 is 6.18 Å². The van der Waals surface area contributed by atoms with Crippen LogP contribution in [0.1, 0.15) is 5.69 Å². The smallest absolute Gasteiger partial charge is 0.372 e. The van der Waals surface area contributed by atoms with Crippen molar-refractivity contribution < 1.29 is 13.2 Å². The first kappa shape index (κ1) is 7.90. The van der Waals surface area contributed by atoms with Crippen LogP contribution in [0.3, 0.4) is 0 Å². The summed E-state index contributed by atoms with van der Waals surface area (Å²) in [6.07, 6.45) is -4.35. The lowest BCUT2D eigenvalue weighted by molar-refractivity contribution is -0.141. The molecule has 0 aliphatic rings. The minimum atomic E-state index is -4.35. The van der Waals surface area contributed by atoms with Crippen molar-refractivity contribution in [1.82, 2.24) is 10.2 Å². The number of H-pyrrole nitrogens is 1. The second-order valence-electron chi connectivity index (χ2n) is 1.91. The molecule has 0 aliphatic carbocycles. The molecule has 0 radical (unpaired) electrons. The molecule has 62 valence electrons. The summed E-state index contributed by atoms with van der Waals surface area (Å²) >= 11 is 0. The van der Waals surface area contributed by atoms with Crippen molar-refractivity contribution in [2.45, 2.75) is 6.18 Å². The summed E-state index contributed by atoms with van der Waals surface area (Å²) in [5, 5.41) is 7.68.